The number of hydrogen-bond donors (Lipinski definition) is 0. The predicted molar refractivity (Wildman–Crippen MR) is 79.9 cm³/mol. The summed E-state index contributed by atoms with van der Waals surface area (Å²) in [7, 11) is 0. The van der Waals surface area contributed by atoms with E-state index in [1.165, 1.54) is 5.56 Å². The molecule has 2 rings (SSSR count). The zero-order chi connectivity index (χ0) is 15.7. The van der Waals surface area contributed by atoms with Crippen LogP contribution in [0.1, 0.15) is 50.7 Å². The van der Waals surface area contributed by atoms with Crippen LogP contribution in [-0.4, -0.2) is 0 Å². The molecule has 0 spiro atoms. The van der Waals surface area contributed by atoms with E-state index >= 15 is 0 Å². The van der Waals surface area contributed by atoms with Crippen molar-refractivity contribution >= 4 is 0 Å². The van der Waals surface area contributed by atoms with Gasteiger partial charge in [-0.15, -0.1) is 0 Å². The van der Waals surface area contributed by atoms with Crippen molar-refractivity contribution in [2.75, 3.05) is 0 Å². The zero-order valence-electron chi connectivity index (χ0n) is 12.7. The maximum Gasteiger partial charge on any atom is 0.194 e. The Hall–Kier alpha value is -1.77. The van der Waals surface area contributed by atoms with Gasteiger partial charge in [0.25, 0.3) is 0 Å². The Labute approximate surface area is 123 Å². The number of benzene rings is 2. The lowest BCUT2D eigenvalue weighted by Crippen LogP contribution is -1.99. The fourth-order valence-electron chi connectivity index (χ4n) is 2.50. The second-order valence-corrected chi connectivity index (χ2v) is 5.91. The molecule has 3 heteroatoms. The van der Waals surface area contributed by atoms with Gasteiger partial charge in [-0.2, -0.15) is 0 Å². The Kier molecular flexibility index (Phi) is 4.40. The third-order valence-electron chi connectivity index (χ3n) is 3.65. The highest BCUT2D eigenvalue weighted by Crippen LogP contribution is 2.32. The van der Waals surface area contributed by atoms with Crippen LogP contribution in [0, 0.1) is 17.5 Å². The smallest absolute Gasteiger partial charge is 0.194 e. The molecule has 0 fully saturated rings. The standard InChI is InChI=1S/C18H19F3/c1-10(2)14-6-5-12(7-15(14)11(3)4)13-8-16(19)18(21)17(20)9-13/h5-11H,1-4H3. The van der Waals surface area contributed by atoms with Gasteiger partial charge >= 0.3 is 0 Å². The van der Waals surface area contributed by atoms with E-state index in [0.29, 0.717) is 23.0 Å². The minimum absolute atomic E-state index is 0.303. The normalized spacial score (nSPS) is 11.5. The molecule has 0 aliphatic rings. The molecule has 21 heavy (non-hydrogen) atoms. The first-order valence-corrected chi connectivity index (χ1v) is 7.10. The molecule has 0 saturated carbocycles. The number of halogens is 3. The third-order valence-corrected chi connectivity index (χ3v) is 3.65. The molecular formula is C18H19F3. The molecule has 0 radical (unpaired) electrons. The van der Waals surface area contributed by atoms with Crippen LogP contribution in [0.4, 0.5) is 13.2 Å². The minimum atomic E-state index is -1.43. The fraction of sp³-hybridized carbons (Fsp3) is 0.333. The molecule has 0 amide bonds. The van der Waals surface area contributed by atoms with Crippen LogP contribution in [0.25, 0.3) is 11.1 Å². The Morgan fingerprint density at radius 3 is 1.67 bits per heavy atom. The molecule has 0 aliphatic heterocycles. The van der Waals surface area contributed by atoms with Gasteiger partial charge < -0.3 is 0 Å². The van der Waals surface area contributed by atoms with Crippen molar-refractivity contribution in [2.24, 2.45) is 0 Å². The Bertz CT molecular complexity index is 635. The molecule has 0 aliphatic carbocycles. The van der Waals surface area contributed by atoms with Crippen molar-refractivity contribution in [1.29, 1.82) is 0 Å². The quantitative estimate of drug-likeness (QED) is 0.607. The molecule has 0 saturated heterocycles. The Balaban J connectivity index is 2.58. The second-order valence-electron chi connectivity index (χ2n) is 5.91. The van der Waals surface area contributed by atoms with Crippen molar-refractivity contribution in [3.05, 3.63) is 58.9 Å². The van der Waals surface area contributed by atoms with Crippen LogP contribution in [-0.2, 0) is 0 Å². The molecule has 0 atom stereocenters. The van der Waals surface area contributed by atoms with Gasteiger partial charge in [0.1, 0.15) is 0 Å². The van der Waals surface area contributed by atoms with Gasteiger partial charge in [-0.25, -0.2) is 13.2 Å². The monoisotopic (exact) mass is 292 g/mol. The van der Waals surface area contributed by atoms with E-state index in [-0.39, 0.29) is 0 Å². The lowest BCUT2D eigenvalue weighted by molar-refractivity contribution is 0.447. The summed E-state index contributed by atoms with van der Waals surface area (Å²) in [6, 6.07) is 7.81. The Morgan fingerprint density at radius 2 is 1.19 bits per heavy atom. The van der Waals surface area contributed by atoms with E-state index in [2.05, 4.69) is 27.7 Å². The van der Waals surface area contributed by atoms with Crippen molar-refractivity contribution in [2.45, 2.75) is 39.5 Å². The van der Waals surface area contributed by atoms with Gasteiger partial charge in [-0.05, 0) is 46.2 Å². The molecule has 0 N–H and O–H groups in total. The molecule has 0 aromatic heterocycles. The Morgan fingerprint density at radius 1 is 0.667 bits per heavy atom. The number of hydrogen-bond acceptors (Lipinski definition) is 0. The summed E-state index contributed by atoms with van der Waals surface area (Å²) in [5.74, 6) is -3.08. The lowest BCUT2D eigenvalue weighted by Gasteiger charge is -2.17. The topological polar surface area (TPSA) is 0 Å². The summed E-state index contributed by atoms with van der Waals surface area (Å²) in [6.45, 7) is 8.38. The van der Waals surface area contributed by atoms with Gasteiger partial charge in [0.2, 0.25) is 0 Å². The second kappa shape index (κ2) is 5.92. The summed E-state index contributed by atoms with van der Waals surface area (Å²) in [4.78, 5) is 0. The van der Waals surface area contributed by atoms with Crippen LogP contribution < -0.4 is 0 Å². The summed E-state index contributed by atoms with van der Waals surface area (Å²) in [5, 5.41) is 0. The first-order chi connectivity index (χ1) is 9.81. The van der Waals surface area contributed by atoms with E-state index < -0.39 is 17.5 Å². The maximum absolute atomic E-state index is 13.4. The molecule has 0 heterocycles. The molecular weight excluding hydrogens is 273 g/mol. The molecule has 0 nitrogen and oxygen atoms in total. The third kappa shape index (κ3) is 3.12. The summed E-state index contributed by atoms with van der Waals surface area (Å²) < 4.78 is 39.8. The maximum atomic E-state index is 13.4. The molecule has 2 aromatic carbocycles. The van der Waals surface area contributed by atoms with Crippen LogP contribution in [0.5, 0.6) is 0 Å². The molecule has 0 unspecified atom stereocenters. The van der Waals surface area contributed by atoms with Gasteiger partial charge in [-0.1, -0.05) is 45.9 Å². The predicted octanol–water partition coefficient (Wildman–Crippen LogP) is 6.02. The fourth-order valence-corrected chi connectivity index (χ4v) is 2.50. The lowest BCUT2D eigenvalue weighted by atomic mass is 9.88. The van der Waals surface area contributed by atoms with Crippen molar-refractivity contribution < 1.29 is 13.2 Å². The number of rotatable bonds is 3. The van der Waals surface area contributed by atoms with Crippen LogP contribution in [0.3, 0.4) is 0 Å². The zero-order valence-corrected chi connectivity index (χ0v) is 12.7. The van der Waals surface area contributed by atoms with E-state index in [1.54, 1.807) is 0 Å². The van der Waals surface area contributed by atoms with Gasteiger partial charge in [0.05, 0.1) is 0 Å². The average molecular weight is 292 g/mol. The highest BCUT2D eigenvalue weighted by Gasteiger charge is 2.15. The molecule has 2 aromatic rings. The van der Waals surface area contributed by atoms with Crippen LogP contribution in [0.2, 0.25) is 0 Å². The first-order valence-electron chi connectivity index (χ1n) is 7.10. The summed E-state index contributed by atoms with van der Waals surface area (Å²) in [6.07, 6.45) is 0. The van der Waals surface area contributed by atoms with Gasteiger partial charge in [0, 0.05) is 0 Å². The van der Waals surface area contributed by atoms with Gasteiger partial charge in [0.15, 0.2) is 17.5 Å². The highest BCUT2D eigenvalue weighted by molar-refractivity contribution is 5.65. The van der Waals surface area contributed by atoms with Crippen molar-refractivity contribution in [3.63, 3.8) is 0 Å². The average Bonchev–Trinajstić information content (AvgIpc) is 2.43. The van der Waals surface area contributed by atoms with Crippen LogP contribution in [0.15, 0.2) is 30.3 Å². The molecule has 112 valence electrons. The SMILES string of the molecule is CC(C)c1ccc(-c2cc(F)c(F)c(F)c2)cc1C(C)C. The van der Waals surface area contributed by atoms with Crippen LogP contribution >= 0.6 is 0 Å². The van der Waals surface area contributed by atoms with E-state index in [1.807, 2.05) is 18.2 Å². The summed E-state index contributed by atoms with van der Waals surface area (Å²) in [5.41, 5.74) is 3.41. The largest absolute Gasteiger partial charge is 0.204 e. The van der Waals surface area contributed by atoms with Crippen molar-refractivity contribution in [1.82, 2.24) is 0 Å². The van der Waals surface area contributed by atoms with E-state index in [0.717, 1.165) is 17.7 Å². The van der Waals surface area contributed by atoms with Crippen molar-refractivity contribution in [3.8, 4) is 11.1 Å². The molecule has 0 bridgehead atoms. The van der Waals surface area contributed by atoms with E-state index in [9.17, 15) is 13.2 Å². The minimum Gasteiger partial charge on any atom is -0.204 e. The summed E-state index contributed by atoms with van der Waals surface area (Å²) >= 11 is 0. The van der Waals surface area contributed by atoms with E-state index in [4.69, 9.17) is 0 Å². The highest BCUT2D eigenvalue weighted by atomic mass is 19.2. The first kappa shape index (κ1) is 15.6. The van der Waals surface area contributed by atoms with Gasteiger partial charge in [-0.3, -0.25) is 0 Å².